The summed E-state index contributed by atoms with van der Waals surface area (Å²) in [5, 5.41) is 3.18. The van der Waals surface area contributed by atoms with E-state index in [2.05, 4.69) is 57.3 Å². The second kappa shape index (κ2) is 7.17. The van der Waals surface area contributed by atoms with Gasteiger partial charge in [-0.3, -0.25) is 0 Å². The van der Waals surface area contributed by atoms with Crippen LogP contribution < -0.4 is 5.32 Å². The number of nitrogens with zero attached hydrogens (tertiary/aromatic N) is 1. The monoisotopic (exact) mass is 302 g/mol. The Hall–Kier alpha value is -1.51. The van der Waals surface area contributed by atoms with Gasteiger partial charge in [-0.2, -0.15) is 0 Å². The highest BCUT2D eigenvalue weighted by Crippen LogP contribution is 2.30. The molecule has 122 valence electrons. The first-order chi connectivity index (χ1) is 10.4. The predicted octanol–water partition coefficient (Wildman–Crippen LogP) is 4.18. The molecule has 1 aliphatic carbocycles. The molecule has 0 aliphatic heterocycles. The van der Waals surface area contributed by atoms with Crippen LogP contribution in [0.4, 0.5) is 4.79 Å². The number of benzene rings is 1. The highest BCUT2D eigenvalue weighted by atomic mass is 16.2. The normalized spacial score (nSPS) is 16.2. The molecule has 1 N–H and O–H groups in total. The van der Waals surface area contributed by atoms with Crippen molar-refractivity contribution < 1.29 is 4.79 Å². The fourth-order valence-electron chi connectivity index (χ4n) is 3.09. The zero-order chi connectivity index (χ0) is 16.2. The Balaban J connectivity index is 1.88. The number of rotatable bonds is 7. The largest absolute Gasteiger partial charge is 0.336 e. The lowest BCUT2D eigenvalue weighted by molar-refractivity contribution is 0.192. The van der Waals surface area contributed by atoms with E-state index in [1.54, 1.807) is 0 Å². The van der Waals surface area contributed by atoms with Gasteiger partial charge in [-0.05, 0) is 50.0 Å². The van der Waals surface area contributed by atoms with E-state index < -0.39 is 0 Å². The van der Waals surface area contributed by atoms with Crippen molar-refractivity contribution in [2.45, 2.75) is 58.4 Å². The van der Waals surface area contributed by atoms with Gasteiger partial charge >= 0.3 is 6.03 Å². The Kier molecular flexibility index (Phi) is 5.49. The Morgan fingerprint density at radius 2 is 1.95 bits per heavy atom. The number of nitrogens with one attached hydrogen (secondary N) is 1. The number of carbonyl (C=O) groups is 1. The van der Waals surface area contributed by atoms with Gasteiger partial charge < -0.3 is 10.2 Å². The molecule has 1 fully saturated rings. The minimum Gasteiger partial charge on any atom is -0.336 e. The molecule has 0 radical (unpaired) electrons. The lowest BCUT2D eigenvalue weighted by atomic mass is 9.79. The van der Waals surface area contributed by atoms with E-state index in [4.69, 9.17) is 0 Å². The van der Waals surface area contributed by atoms with E-state index in [0.717, 1.165) is 25.4 Å². The maximum Gasteiger partial charge on any atom is 0.317 e. The molecule has 0 spiro atoms. The quantitative estimate of drug-likeness (QED) is 0.805. The van der Waals surface area contributed by atoms with Crippen LogP contribution in [-0.4, -0.2) is 30.1 Å². The van der Waals surface area contributed by atoms with E-state index in [9.17, 15) is 4.79 Å². The van der Waals surface area contributed by atoms with Crippen molar-refractivity contribution in [1.82, 2.24) is 10.2 Å². The summed E-state index contributed by atoms with van der Waals surface area (Å²) in [4.78, 5) is 14.3. The van der Waals surface area contributed by atoms with Crippen molar-refractivity contribution in [3.8, 4) is 0 Å². The van der Waals surface area contributed by atoms with Crippen LogP contribution in [-0.2, 0) is 5.41 Å². The van der Waals surface area contributed by atoms with Crippen LogP contribution >= 0.6 is 0 Å². The van der Waals surface area contributed by atoms with E-state index in [0.29, 0.717) is 0 Å². The topological polar surface area (TPSA) is 32.3 Å². The highest BCUT2D eigenvalue weighted by Gasteiger charge is 2.28. The molecular weight excluding hydrogens is 272 g/mol. The predicted molar refractivity (Wildman–Crippen MR) is 92.0 cm³/mol. The molecule has 1 atom stereocenters. The minimum absolute atomic E-state index is 0.0570. The first kappa shape index (κ1) is 16.9. The summed E-state index contributed by atoms with van der Waals surface area (Å²) in [5.74, 6) is 0.738. The minimum atomic E-state index is 0.0570. The molecule has 1 saturated carbocycles. The highest BCUT2D eigenvalue weighted by molar-refractivity contribution is 5.74. The first-order valence-corrected chi connectivity index (χ1v) is 8.53. The Labute approximate surface area is 135 Å². The van der Waals surface area contributed by atoms with Crippen molar-refractivity contribution in [3.05, 3.63) is 35.9 Å². The van der Waals surface area contributed by atoms with Crippen LogP contribution in [0.25, 0.3) is 0 Å². The molecule has 1 aromatic rings. The molecular formula is C19H30N2O. The third-order valence-corrected chi connectivity index (χ3v) is 4.59. The van der Waals surface area contributed by atoms with Crippen LogP contribution in [0.5, 0.6) is 0 Å². The van der Waals surface area contributed by atoms with Crippen molar-refractivity contribution in [1.29, 1.82) is 0 Å². The van der Waals surface area contributed by atoms with Crippen molar-refractivity contribution in [3.63, 3.8) is 0 Å². The van der Waals surface area contributed by atoms with Gasteiger partial charge in [0.05, 0.1) is 0 Å². The molecule has 3 heteroatoms. The average Bonchev–Trinajstić information content (AvgIpc) is 3.29. The SMILES string of the molecule is CCN(CC1CC1)C(=O)NC(C)CC(C)(C)c1ccccc1. The third-order valence-electron chi connectivity index (χ3n) is 4.59. The van der Waals surface area contributed by atoms with Gasteiger partial charge in [0.15, 0.2) is 0 Å². The van der Waals surface area contributed by atoms with Gasteiger partial charge in [0.2, 0.25) is 0 Å². The summed E-state index contributed by atoms with van der Waals surface area (Å²) in [7, 11) is 0. The summed E-state index contributed by atoms with van der Waals surface area (Å²) in [6.07, 6.45) is 3.49. The first-order valence-electron chi connectivity index (χ1n) is 8.53. The van der Waals surface area contributed by atoms with Crippen LogP contribution in [0.15, 0.2) is 30.3 Å². The van der Waals surface area contributed by atoms with Crippen molar-refractivity contribution >= 4 is 6.03 Å². The fourth-order valence-corrected chi connectivity index (χ4v) is 3.09. The van der Waals surface area contributed by atoms with Crippen LogP contribution in [0.2, 0.25) is 0 Å². The van der Waals surface area contributed by atoms with E-state index in [-0.39, 0.29) is 17.5 Å². The van der Waals surface area contributed by atoms with E-state index in [1.807, 2.05) is 11.0 Å². The van der Waals surface area contributed by atoms with Crippen LogP contribution in [0.1, 0.15) is 52.5 Å². The zero-order valence-corrected chi connectivity index (χ0v) is 14.4. The average molecular weight is 302 g/mol. The number of hydrogen-bond donors (Lipinski definition) is 1. The van der Waals surface area contributed by atoms with Gasteiger partial charge in [-0.25, -0.2) is 4.79 Å². The molecule has 0 bridgehead atoms. The molecule has 2 rings (SSSR count). The van der Waals surface area contributed by atoms with Crippen molar-refractivity contribution in [2.24, 2.45) is 5.92 Å². The number of urea groups is 1. The molecule has 1 unspecified atom stereocenters. The maximum atomic E-state index is 12.4. The standard InChI is InChI=1S/C19H30N2O/c1-5-21(14-16-11-12-16)18(22)20-15(2)13-19(3,4)17-9-7-6-8-10-17/h6-10,15-16H,5,11-14H2,1-4H3,(H,20,22). The molecule has 2 amide bonds. The molecule has 3 nitrogen and oxygen atoms in total. The second-order valence-corrected chi connectivity index (χ2v) is 7.29. The van der Waals surface area contributed by atoms with Gasteiger partial charge in [0, 0.05) is 19.1 Å². The van der Waals surface area contributed by atoms with E-state index >= 15 is 0 Å². The van der Waals surface area contributed by atoms with Gasteiger partial charge in [0.25, 0.3) is 0 Å². The summed E-state index contributed by atoms with van der Waals surface area (Å²) in [5.41, 5.74) is 1.38. The zero-order valence-electron chi connectivity index (χ0n) is 14.4. The number of hydrogen-bond acceptors (Lipinski definition) is 1. The Morgan fingerprint density at radius 3 is 2.50 bits per heavy atom. The smallest absolute Gasteiger partial charge is 0.317 e. The van der Waals surface area contributed by atoms with Crippen molar-refractivity contribution in [2.75, 3.05) is 13.1 Å². The van der Waals surface area contributed by atoms with Crippen LogP contribution in [0, 0.1) is 5.92 Å². The van der Waals surface area contributed by atoms with Crippen LogP contribution in [0.3, 0.4) is 0 Å². The molecule has 0 aromatic heterocycles. The summed E-state index contributed by atoms with van der Waals surface area (Å²) >= 11 is 0. The molecule has 22 heavy (non-hydrogen) atoms. The Morgan fingerprint density at radius 1 is 1.32 bits per heavy atom. The molecule has 0 saturated heterocycles. The number of amides is 2. The Bertz CT molecular complexity index is 479. The molecule has 1 aromatic carbocycles. The summed E-state index contributed by atoms with van der Waals surface area (Å²) in [6.45, 7) is 10.3. The lowest BCUT2D eigenvalue weighted by Crippen LogP contribution is -2.46. The molecule has 0 heterocycles. The van der Waals surface area contributed by atoms with E-state index in [1.165, 1.54) is 18.4 Å². The van der Waals surface area contributed by atoms with Gasteiger partial charge in [-0.1, -0.05) is 44.2 Å². The summed E-state index contributed by atoms with van der Waals surface area (Å²) < 4.78 is 0. The second-order valence-electron chi connectivity index (χ2n) is 7.29. The number of carbonyl (C=O) groups excluding carboxylic acids is 1. The maximum absolute atomic E-state index is 12.4. The third kappa shape index (κ3) is 4.75. The van der Waals surface area contributed by atoms with Gasteiger partial charge in [0.1, 0.15) is 0 Å². The lowest BCUT2D eigenvalue weighted by Gasteiger charge is -2.31. The fraction of sp³-hybridized carbons (Fsp3) is 0.632. The van der Waals surface area contributed by atoms with Gasteiger partial charge in [-0.15, -0.1) is 0 Å². The molecule has 1 aliphatic rings. The summed E-state index contributed by atoms with van der Waals surface area (Å²) in [6, 6.07) is 10.8.